The molecule has 10 heavy (non-hydrogen) atoms. The summed E-state index contributed by atoms with van der Waals surface area (Å²) in [6, 6.07) is 0. The van der Waals surface area contributed by atoms with Crippen LogP contribution in [-0.4, -0.2) is 16.4 Å². The van der Waals surface area contributed by atoms with Gasteiger partial charge in [-0.15, -0.1) is 0 Å². The Morgan fingerprint density at radius 3 is 0.800 bits per heavy atom. The fourth-order valence-corrected chi connectivity index (χ4v) is 0. The van der Waals surface area contributed by atoms with Crippen molar-refractivity contribution in [3.8, 4) is 0 Å². The molecule has 0 aliphatic carbocycles. The number of nitrogens with two attached hydrogens (primary N) is 3. The molecule has 0 aromatic rings. The van der Waals surface area contributed by atoms with Gasteiger partial charge in [0.05, 0.1) is 0 Å². The molecular formula is C2H17B2Li2N4. The largest absolute Gasteiger partial charge is 1.00 e. The van der Waals surface area contributed by atoms with Crippen LogP contribution in [0.4, 0.5) is 0 Å². The normalized spacial score (nSPS) is 0.500. The van der Waals surface area contributed by atoms with Crippen LogP contribution in [0.3, 0.4) is 0 Å². The predicted molar refractivity (Wildman–Crippen MR) is 44.7 cm³/mol. The third-order valence-corrected chi connectivity index (χ3v) is 0. The second-order valence-electron chi connectivity index (χ2n) is 0. The van der Waals surface area contributed by atoms with Gasteiger partial charge in [-0.05, 0) is 0 Å². The van der Waals surface area contributed by atoms with Crippen molar-refractivity contribution in [3.63, 3.8) is 0 Å². The molecule has 0 aliphatic rings. The first-order valence-electron chi connectivity index (χ1n) is 0.333. The van der Waals surface area contributed by atoms with E-state index in [2.05, 4.69) is 13.6 Å². The zero-order valence-electron chi connectivity index (χ0n) is 5.59. The van der Waals surface area contributed by atoms with Crippen molar-refractivity contribution >= 4 is 16.4 Å². The second kappa shape index (κ2) is 629. The van der Waals surface area contributed by atoms with Crippen LogP contribution in [0, 0.1) is 0 Å². The number of hydrogen-bond donors (Lipinski definition) is 2. The molecule has 0 aliphatic heterocycles. The fraction of sp³-hybridized carbons (Fsp3) is 1.00. The predicted octanol–water partition coefficient (Wildman–Crippen LogP) is -4.48. The Balaban J connectivity index is -0.000000000179. The van der Waals surface area contributed by atoms with Gasteiger partial charge in [0, 0.05) is 8.41 Å². The number of rotatable bonds is 0. The Morgan fingerprint density at radius 1 is 0.800 bits per heavy atom. The molecule has 0 atom stereocenters. The zero-order valence-corrected chi connectivity index (χ0v) is 5.59. The van der Waals surface area contributed by atoms with Crippen molar-refractivity contribution in [3.05, 3.63) is 12.3 Å². The maximum atomic E-state index is 4.00. The van der Waals surface area contributed by atoms with E-state index in [4.69, 9.17) is 0 Å². The van der Waals surface area contributed by atoms with Crippen molar-refractivity contribution in [2.45, 2.75) is 14.9 Å². The van der Waals surface area contributed by atoms with E-state index in [0.29, 0.717) is 0 Å². The Labute approximate surface area is 93.0 Å². The summed E-state index contributed by atoms with van der Waals surface area (Å²) in [7, 11) is 4.00. The molecule has 0 unspecified atom stereocenters. The van der Waals surface area contributed by atoms with Gasteiger partial charge in [0.2, 0.25) is 0 Å². The summed E-state index contributed by atoms with van der Waals surface area (Å²) in [6.07, 6.45) is 0. The molecule has 0 heterocycles. The first kappa shape index (κ1) is 246. The standard InChI is InChI=1S/2CH4.BH2N.B.2Li.H3N.2H2N/c;;1-2;;;;;;/h2*1H4;2H2;;;;1H3;2*1H2/q;;;;2*+1;;2*-1. The third-order valence-electron chi connectivity index (χ3n) is 0. The van der Waals surface area contributed by atoms with Crippen LogP contribution in [0.25, 0.3) is 12.3 Å². The van der Waals surface area contributed by atoms with E-state index in [9.17, 15) is 0 Å². The van der Waals surface area contributed by atoms with Gasteiger partial charge in [-0.2, -0.15) is 0 Å². The maximum Gasteiger partial charge on any atom is 1.00 e. The summed E-state index contributed by atoms with van der Waals surface area (Å²) in [5.74, 6) is 0. The monoisotopic (exact) mass is 133 g/mol. The van der Waals surface area contributed by atoms with E-state index in [-0.39, 0.29) is 79.4 Å². The molecule has 8 heteroatoms. The van der Waals surface area contributed by atoms with E-state index in [0.717, 1.165) is 0 Å². The second-order valence-corrected chi connectivity index (χ2v) is 0. The van der Waals surface area contributed by atoms with Gasteiger partial charge in [-0.1, -0.05) is 14.9 Å². The summed E-state index contributed by atoms with van der Waals surface area (Å²) in [5, 5.41) is 0. The average Bonchev–Trinajstić information content (AvgIpc) is 1.00. The smallest absolute Gasteiger partial charge is 0.693 e. The van der Waals surface area contributed by atoms with Crippen LogP contribution in [0.15, 0.2) is 0 Å². The van der Waals surface area contributed by atoms with Gasteiger partial charge in [0.25, 0.3) is 0 Å². The molecule has 0 amide bonds. The van der Waals surface area contributed by atoms with Gasteiger partial charge >= 0.3 is 37.7 Å². The Morgan fingerprint density at radius 2 is 0.800 bits per heavy atom. The first-order valence-corrected chi connectivity index (χ1v) is 0.333. The Hall–Kier alpha value is 1.16. The van der Waals surface area contributed by atoms with Crippen molar-refractivity contribution in [2.24, 2.45) is 5.64 Å². The van der Waals surface area contributed by atoms with E-state index in [1.165, 1.54) is 0 Å². The molecule has 0 aromatic heterocycles. The van der Waals surface area contributed by atoms with Crippen LogP contribution in [0.2, 0.25) is 0 Å². The van der Waals surface area contributed by atoms with E-state index < -0.39 is 0 Å². The summed E-state index contributed by atoms with van der Waals surface area (Å²) in [5.41, 5.74) is 4.00. The van der Waals surface area contributed by atoms with Crippen molar-refractivity contribution < 1.29 is 37.7 Å². The molecule has 0 fully saturated rings. The quantitative estimate of drug-likeness (QED) is 0.322. The average molecular weight is 133 g/mol. The molecule has 0 saturated heterocycles. The molecule has 4 nitrogen and oxygen atoms in total. The maximum absolute atomic E-state index is 4.00. The van der Waals surface area contributed by atoms with E-state index in [1.54, 1.807) is 0 Å². The molecular weight excluding hydrogens is 116 g/mol. The SMILES string of the molecule is C.C.N.[B].[B]N.[Li+].[Li+].[NH2-].[NH2-]. The van der Waals surface area contributed by atoms with Gasteiger partial charge in [-0.25, -0.2) is 0 Å². The van der Waals surface area contributed by atoms with Crippen LogP contribution < -0.4 is 49.5 Å². The van der Waals surface area contributed by atoms with Crippen LogP contribution in [0.5, 0.6) is 0 Å². The van der Waals surface area contributed by atoms with Crippen LogP contribution >= 0.6 is 0 Å². The molecule has 9 N–H and O–H groups in total. The molecule has 0 bridgehead atoms. The van der Waals surface area contributed by atoms with E-state index >= 15 is 0 Å². The first-order chi connectivity index (χ1) is 1.00. The molecule has 0 spiro atoms. The molecule has 53 valence electrons. The summed E-state index contributed by atoms with van der Waals surface area (Å²) in [4.78, 5) is 0. The number of hydrogen-bond acceptors (Lipinski definition) is 2. The summed E-state index contributed by atoms with van der Waals surface area (Å²) < 4.78 is 0. The Bertz CT molecular complexity index is 19.2. The van der Waals surface area contributed by atoms with Crippen molar-refractivity contribution in [1.29, 1.82) is 0 Å². The minimum atomic E-state index is 0. The van der Waals surface area contributed by atoms with Gasteiger partial charge < -0.3 is 24.1 Å². The topological polar surface area (TPSA) is 128 Å². The summed E-state index contributed by atoms with van der Waals surface area (Å²) >= 11 is 0. The van der Waals surface area contributed by atoms with Gasteiger partial charge in [0.1, 0.15) is 0 Å². The van der Waals surface area contributed by atoms with Crippen LogP contribution in [-0.2, 0) is 0 Å². The fourth-order valence-electron chi connectivity index (χ4n) is 0. The van der Waals surface area contributed by atoms with E-state index in [1.807, 2.05) is 0 Å². The molecule has 0 rings (SSSR count). The van der Waals surface area contributed by atoms with Crippen molar-refractivity contribution in [1.82, 2.24) is 6.15 Å². The third kappa shape index (κ3) is 450. The minimum Gasteiger partial charge on any atom is -0.693 e. The summed E-state index contributed by atoms with van der Waals surface area (Å²) in [6.45, 7) is 0. The van der Waals surface area contributed by atoms with Gasteiger partial charge in [-0.3, -0.25) is 0 Å². The van der Waals surface area contributed by atoms with Gasteiger partial charge in [0.15, 0.2) is 7.98 Å². The molecule has 0 aromatic carbocycles. The minimum absolute atomic E-state index is 0. The molecule has 0 saturated carbocycles. The molecule has 5 radical (unpaired) electrons. The zero-order chi connectivity index (χ0) is 2.00. The van der Waals surface area contributed by atoms with Crippen molar-refractivity contribution in [2.75, 3.05) is 0 Å². The Kier molecular flexibility index (Phi) is 15500. The van der Waals surface area contributed by atoms with Crippen LogP contribution in [0.1, 0.15) is 14.9 Å².